The van der Waals surface area contributed by atoms with Crippen molar-refractivity contribution in [3.05, 3.63) is 71.2 Å². The highest BCUT2D eigenvalue weighted by molar-refractivity contribution is 9.10. The molecule has 2 heterocycles. The second-order valence-corrected chi connectivity index (χ2v) is 8.02. The number of halogens is 2. The molecule has 2 aromatic carbocycles. The van der Waals surface area contributed by atoms with Crippen LogP contribution < -0.4 is 15.6 Å². The van der Waals surface area contributed by atoms with Crippen LogP contribution in [0.3, 0.4) is 0 Å². The van der Waals surface area contributed by atoms with Gasteiger partial charge in [-0.25, -0.2) is 4.39 Å². The van der Waals surface area contributed by atoms with Crippen molar-refractivity contribution < 1.29 is 14.0 Å². The standard InChI is InChI=1S/C19H15BrFN5O2S/c20-12-4-6-14(7-5-12)22-16(27)11-29-19-24-23-17-18(28)25(8-9-26(17)19)15-3-1-2-13(21)10-15/h1-10,17,23H,11H2,(H,22,27). The molecule has 2 aliphatic rings. The average molecular weight is 476 g/mol. The number of benzene rings is 2. The van der Waals surface area contributed by atoms with E-state index in [0.29, 0.717) is 16.5 Å². The second kappa shape index (κ2) is 8.26. The van der Waals surface area contributed by atoms with Crippen molar-refractivity contribution in [2.45, 2.75) is 6.17 Å². The zero-order chi connectivity index (χ0) is 20.4. The number of hydrogen-bond acceptors (Lipinski definition) is 6. The number of anilines is 2. The molecule has 0 aliphatic carbocycles. The normalized spacial score (nSPS) is 17.7. The molecule has 0 aromatic heterocycles. The summed E-state index contributed by atoms with van der Waals surface area (Å²) < 4.78 is 14.4. The number of amidine groups is 1. The van der Waals surface area contributed by atoms with Crippen LogP contribution in [0, 0.1) is 5.82 Å². The highest BCUT2D eigenvalue weighted by Gasteiger charge is 2.38. The molecule has 0 saturated heterocycles. The van der Waals surface area contributed by atoms with Crippen molar-refractivity contribution in [2.75, 3.05) is 16.0 Å². The molecule has 0 radical (unpaired) electrons. The zero-order valence-electron chi connectivity index (χ0n) is 14.9. The third-order valence-corrected chi connectivity index (χ3v) is 5.67. The largest absolute Gasteiger partial charge is 0.325 e. The number of carbonyl (C=O) groups excluding carboxylic acids is 2. The lowest BCUT2D eigenvalue weighted by molar-refractivity contribution is -0.122. The molecular formula is C19H15BrFN5O2S. The quantitative estimate of drug-likeness (QED) is 0.709. The first-order chi connectivity index (χ1) is 14.0. The highest BCUT2D eigenvalue weighted by atomic mass is 79.9. The lowest BCUT2D eigenvalue weighted by Crippen LogP contribution is -2.52. The summed E-state index contributed by atoms with van der Waals surface area (Å²) in [5, 5.41) is 7.47. The number of fused-ring (bicyclic) bond motifs is 1. The fourth-order valence-electron chi connectivity index (χ4n) is 2.82. The first-order valence-corrected chi connectivity index (χ1v) is 10.4. The summed E-state index contributed by atoms with van der Waals surface area (Å²) in [4.78, 5) is 27.9. The number of carbonyl (C=O) groups is 2. The topological polar surface area (TPSA) is 77.0 Å². The molecule has 0 fully saturated rings. The fourth-order valence-corrected chi connectivity index (χ4v) is 3.85. The summed E-state index contributed by atoms with van der Waals surface area (Å²) in [6.07, 6.45) is 2.49. The van der Waals surface area contributed by atoms with E-state index in [4.69, 9.17) is 0 Å². The molecule has 7 nitrogen and oxygen atoms in total. The average Bonchev–Trinajstić information content (AvgIpc) is 3.12. The van der Waals surface area contributed by atoms with Crippen molar-refractivity contribution in [3.63, 3.8) is 0 Å². The Morgan fingerprint density at radius 3 is 2.79 bits per heavy atom. The summed E-state index contributed by atoms with van der Waals surface area (Å²) >= 11 is 4.56. The first kappa shape index (κ1) is 19.5. The molecule has 1 atom stereocenters. The number of thioether (sulfide) groups is 1. The molecule has 2 aromatic rings. The van der Waals surface area contributed by atoms with Crippen LogP contribution in [0.5, 0.6) is 0 Å². The summed E-state index contributed by atoms with van der Waals surface area (Å²) in [6.45, 7) is 0. The van der Waals surface area contributed by atoms with E-state index in [-0.39, 0.29) is 17.6 Å². The van der Waals surface area contributed by atoms with Crippen LogP contribution in [0.1, 0.15) is 0 Å². The van der Waals surface area contributed by atoms with Gasteiger partial charge in [-0.3, -0.25) is 24.8 Å². The summed E-state index contributed by atoms with van der Waals surface area (Å²) in [7, 11) is 0. The van der Waals surface area contributed by atoms with E-state index in [0.717, 1.165) is 4.47 Å². The number of rotatable bonds is 4. The fraction of sp³-hybridized carbons (Fsp3) is 0.105. The molecule has 2 aliphatic heterocycles. The predicted molar refractivity (Wildman–Crippen MR) is 114 cm³/mol. The van der Waals surface area contributed by atoms with Crippen molar-refractivity contribution in [1.29, 1.82) is 0 Å². The number of hydrogen-bond donors (Lipinski definition) is 2. The number of nitrogens with zero attached hydrogens (tertiary/aromatic N) is 3. The van der Waals surface area contributed by atoms with Crippen LogP contribution in [0.2, 0.25) is 0 Å². The molecule has 0 bridgehead atoms. The van der Waals surface area contributed by atoms with Crippen LogP contribution in [-0.2, 0) is 9.59 Å². The van der Waals surface area contributed by atoms with E-state index in [1.54, 1.807) is 41.6 Å². The Hall–Kier alpha value is -2.85. The molecule has 0 spiro atoms. The van der Waals surface area contributed by atoms with Crippen LogP contribution >= 0.6 is 27.7 Å². The maximum Gasteiger partial charge on any atom is 0.276 e. The summed E-state index contributed by atoms with van der Waals surface area (Å²) in [6, 6.07) is 13.1. The maximum atomic E-state index is 13.5. The minimum atomic E-state index is -0.736. The van der Waals surface area contributed by atoms with Gasteiger partial charge in [0, 0.05) is 22.6 Å². The van der Waals surface area contributed by atoms with Crippen LogP contribution in [0.25, 0.3) is 0 Å². The molecule has 0 saturated carbocycles. The van der Waals surface area contributed by atoms with E-state index in [1.807, 2.05) is 12.1 Å². The molecule has 2 N–H and O–H groups in total. The third-order valence-electron chi connectivity index (χ3n) is 4.18. The van der Waals surface area contributed by atoms with Gasteiger partial charge in [0.1, 0.15) is 5.82 Å². The Morgan fingerprint density at radius 1 is 1.24 bits per heavy atom. The Bertz CT molecular complexity index is 1010. The molecule has 10 heteroatoms. The lowest BCUT2D eigenvalue weighted by atomic mass is 10.2. The summed E-state index contributed by atoms with van der Waals surface area (Å²) in [5.41, 5.74) is 3.90. The van der Waals surface area contributed by atoms with E-state index in [9.17, 15) is 14.0 Å². The molecular weight excluding hydrogens is 461 g/mol. The van der Waals surface area contributed by atoms with Crippen LogP contribution in [-0.4, -0.2) is 33.8 Å². The summed E-state index contributed by atoms with van der Waals surface area (Å²) in [5.74, 6) is -0.765. The molecule has 148 valence electrons. The Morgan fingerprint density at radius 2 is 2.03 bits per heavy atom. The zero-order valence-corrected chi connectivity index (χ0v) is 17.3. The van der Waals surface area contributed by atoms with Gasteiger partial charge in [0.05, 0.1) is 11.4 Å². The predicted octanol–water partition coefficient (Wildman–Crippen LogP) is 3.28. The van der Waals surface area contributed by atoms with Gasteiger partial charge in [0.25, 0.3) is 5.91 Å². The Kier molecular flexibility index (Phi) is 5.54. The lowest BCUT2D eigenvalue weighted by Gasteiger charge is -2.31. The van der Waals surface area contributed by atoms with Crippen molar-refractivity contribution in [1.82, 2.24) is 10.3 Å². The van der Waals surface area contributed by atoms with Gasteiger partial charge in [-0.2, -0.15) is 5.10 Å². The van der Waals surface area contributed by atoms with E-state index < -0.39 is 12.0 Å². The third kappa shape index (κ3) is 4.28. The van der Waals surface area contributed by atoms with E-state index in [1.165, 1.54) is 28.8 Å². The first-order valence-electron chi connectivity index (χ1n) is 8.58. The molecule has 29 heavy (non-hydrogen) atoms. The second-order valence-electron chi connectivity index (χ2n) is 6.16. The number of hydrazone groups is 1. The maximum absolute atomic E-state index is 13.5. The van der Waals surface area contributed by atoms with E-state index >= 15 is 0 Å². The Labute approximate surface area is 178 Å². The van der Waals surface area contributed by atoms with Crippen molar-refractivity contribution in [3.8, 4) is 0 Å². The van der Waals surface area contributed by atoms with Crippen LogP contribution in [0.4, 0.5) is 15.8 Å². The Balaban J connectivity index is 1.37. The molecule has 2 amide bonds. The SMILES string of the molecule is O=C(CSC1=NNC2C(=O)N(c3cccc(F)c3)C=CN12)Nc1ccc(Br)cc1. The van der Waals surface area contributed by atoms with Crippen LogP contribution in [0.15, 0.2) is 70.5 Å². The molecule has 4 rings (SSSR count). The monoisotopic (exact) mass is 475 g/mol. The van der Waals surface area contributed by atoms with Crippen molar-refractivity contribution >= 4 is 56.0 Å². The van der Waals surface area contributed by atoms with Gasteiger partial charge >= 0.3 is 0 Å². The minimum Gasteiger partial charge on any atom is -0.325 e. The highest BCUT2D eigenvalue weighted by Crippen LogP contribution is 2.26. The minimum absolute atomic E-state index is 0.134. The molecule has 1 unspecified atom stereocenters. The van der Waals surface area contributed by atoms with Gasteiger partial charge in [-0.1, -0.05) is 33.8 Å². The van der Waals surface area contributed by atoms with Gasteiger partial charge in [-0.15, -0.1) is 0 Å². The van der Waals surface area contributed by atoms with Gasteiger partial charge < -0.3 is 5.32 Å². The number of amides is 2. The smallest absolute Gasteiger partial charge is 0.276 e. The van der Waals surface area contributed by atoms with Gasteiger partial charge in [0.2, 0.25) is 12.1 Å². The van der Waals surface area contributed by atoms with Crippen molar-refractivity contribution in [2.24, 2.45) is 5.10 Å². The van der Waals surface area contributed by atoms with Gasteiger partial charge in [-0.05, 0) is 42.5 Å². The number of nitrogens with one attached hydrogen (secondary N) is 2. The van der Waals surface area contributed by atoms with E-state index in [2.05, 4.69) is 31.8 Å². The van der Waals surface area contributed by atoms with Gasteiger partial charge in [0.15, 0.2) is 5.17 Å².